The molecule has 3 aromatic rings. The SMILES string of the molecule is CN=C(NCc1cccc(Cn2cccn2)c1)N1CCN(c2cccs2)CC1.I. The van der Waals surface area contributed by atoms with E-state index in [4.69, 9.17) is 0 Å². The number of hydrogen-bond acceptors (Lipinski definition) is 4. The Hall–Kier alpha value is -2.07. The highest BCUT2D eigenvalue weighted by molar-refractivity contribution is 14.0. The molecule has 0 unspecified atom stereocenters. The number of aliphatic imine (C=N–C) groups is 1. The Morgan fingerprint density at radius 3 is 2.62 bits per heavy atom. The molecule has 0 spiro atoms. The maximum absolute atomic E-state index is 4.50. The first-order valence-electron chi connectivity index (χ1n) is 9.61. The summed E-state index contributed by atoms with van der Waals surface area (Å²) in [6, 6.07) is 14.9. The number of anilines is 1. The molecule has 1 aliphatic rings. The van der Waals surface area contributed by atoms with Crippen LogP contribution in [-0.2, 0) is 13.1 Å². The minimum absolute atomic E-state index is 0. The van der Waals surface area contributed by atoms with Crippen LogP contribution >= 0.6 is 35.3 Å². The molecule has 3 heterocycles. The molecule has 1 fully saturated rings. The molecule has 8 heteroatoms. The van der Waals surface area contributed by atoms with Crippen LogP contribution in [0.5, 0.6) is 0 Å². The van der Waals surface area contributed by atoms with Gasteiger partial charge in [0.25, 0.3) is 0 Å². The molecule has 0 saturated carbocycles. The third-order valence-electron chi connectivity index (χ3n) is 4.95. The van der Waals surface area contributed by atoms with Crippen LogP contribution in [0, 0.1) is 0 Å². The highest BCUT2D eigenvalue weighted by atomic mass is 127. The lowest BCUT2D eigenvalue weighted by atomic mass is 10.1. The normalized spacial score (nSPS) is 14.6. The Balaban J connectivity index is 0.00000240. The van der Waals surface area contributed by atoms with Gasteiger partial charge in [-0.25, -0.2) is 0 Å². The molecule has 1 aromatic carbocycles. The maximum Gasteiger partial charge on any atom is 0.194 e. The third kappa shape index (κ3) is 5.72. The fourth-order valence-electron chi connectivity index (χ4n) is 3.52. The van der Waals surface area contributed by atoms with Gasteiger partial charge < -0.3 is 15.1 Å². The van der Waals surface area contributed by atoms with Gasteiger partial charge in [0, 0.05) is 52.2 Å². The van der Waals surface area contributed by atoms with Gasteiger partial charge >= 0.3 is 0 Å². The molecular weight excluding hydrogens is 495 g/mol. The van der Waals surface area contributed by atoms with E-state index in [-0.39, 0.29) is 24.0 Å². The van der Waals surface area contributed by atoms with Gasteiger partial charge in [0.05, 0.1) is 11.5 Å². The van der Waals surface area contributed by atoms with E-state index in [0.29, 0.717) is 0 Å². The number of halogens is 1. The van der Waals surface area contributed by atoms with Crippen LogP contribution < -0.4 is 10.2 Å². The standard InChI is InChI=1S/C21H26N6S.HI/c1-22-21(26-12-10-25(11-13-26)20-7-3-14-28-20)23-16-18-5-2-6-19(15-18)17-27-9-4-8-24-27;/h2-9,14-15H,10-13,16-17H2,1H3,(H,22,23);1H. The molecule has 0 aliphatic carbocycles. The Bertz CT molecular complexity index is 886. The highest BCUT2D eigenvalue weighted by Crippen LogP contribution is 2.22. The number of rotatable bonds is 5. The number of aromatic nitrogens is 2. The maximum atomic E-state index is 4.50. The molecule has 2 aromatic heterocycles. The van der Waals surface area contributed by atoms with Crippen molar-refractivity contribution in [3.05, 3.63) is 71.4 Å². The number of nitrogens with zero attached hydrogens (tertiary/aromatic N) is 5. The first-order valence-corrected chi connectivity index (χ1v) is 10.5. The quantitative estimate of drug-likeness (QED) is 0.317. The van der Waals surface area contributed by atoms with Crippen LogP contribution in [0.25, 0.3) is 0 Å². The van der Waals surface area contributed by atoms with Crippen molar-refractivity contribution in [2.75, 3.05) is 38.1 Å². The van der Waals surface area contributed by atoms with Crippen molar-refractivity contribution in [1.82, 2.24) is 20.0 Å². The molecule has 4 rings (SSSR count). The van der Waals surface area contributed by atoms with Crippen LogP contribution in [-0.4, -0.2) is 53.9 Å². The molecule has 1 saturated heterocycles. The van der Waals surface area contributed by atoms with Gasteiger partial charge in [-0.15, -0.1) is 35.3 Å². The first kappa shape index (κ1) is 21.6. The van der Waals surface area contributed by atoms with E-state index in [2.05, 4.69) is 67.0 Å². The lowest BCUT2D eigenvalue weighted by Gasteiger charge is -2.37. The fourth-order valence-corrected chi connectivity index (χ4v) is 4.31. The number of benzene rings is 1. The van der Waals surface area contributed by atoms with E-state index in [0.717, 1.165) is 45.2 Å². The zero-order chi connectivity index (χ0) is 19.2. The van der Waals surface area contributed by atoms with Gasteiger partial charge in [0.15, 0.2) is 5.96 Å². The van der Waals surface area contributed by atoms with Gasteiger partial charge in [0.2, 0.25) is 0 Å². The van der Waals surface area contributed by atoms with E-state index in [1.807, 2.05) is 41.5 Å². The number of hydrogen-bond donors (Lipinski definition) is 1. The van der Waals surface area contributed by atoms with Crippen molar-refractivity contribution in [2.24, 2.45) is 4.99 Å². The zero-order valence-corrected chi connectivity index (χ0v) is 19.7. The largest absolute Gasteiger partial charge is 0.360 e. The molecule has 0 bridgehead atoms. The topological polar surface area (TPSA) is 48.7 Å². The summed E-state index contributed by atoms with van der Waals surface area (Å²) >= 11 is 1.81. The average Bonchev–Trinajstić information content (AvgIpc) is 3.44. The van der Waals surface area contributed by atoms with E-state index in [1.54, 1.807) is 0 Å². The van der Waals surface area contributed by atoms with Crippen molar-refractivity contribution < 1.29 is 0 Å². The minimum atomic E-state index is 0. The zero-order valence-electron chi connectivity index (χ0n) is 16.6. The Kier molecular flexibility index (Phi) is 7.93. The van der Waals surface area contributed by atoms with Gasteiger partial charge in [-0.1, -0.05) is 24.3 Å². The second-order valence-corrected chi connectivity index (χ2v) is 7.78. The number of piperazine rings is 1. The smallest absolute Gasteiger partial charge is 0.194 e. The number of guanidine groups is 1. The minimum Gasteiger partial charge on any atom is -0.360 e. The van der Waals surface area contributed by atoms with Gasteiger partial charge in [-0.05, 0) is 34.7 Å². The van der Waals surface area contributed by atoms with Crippen LogP contribution in [0.1, 0.15) is 11.1 Å². The van der Waals surface area contributed by atoms with Crippen molar-refractivity contribution in [3.63, 3.8) is 0 Å². The van der Waals surface area contributed by atoms with Gasteiger partial charge in [-0.2, -0.15) is 5.10 Å². The van der Waals surface area contributed by atoms with E-state index >= 15 is 0 Å². The monoisotopic (exact) mass is 522 g/mol. The van der Waals surface area contributed by atoms with Crippen molar-refractivity contribution in [2.45, 2.75) is 13.1 Å². The summed E-state index contributed by atoms with van der Waals surface area (Å²) in [5.74, 6) is 0.975. The molecule has 1 N–H and O–H groups in total. The molecule has 0 amide bonds. The number of nitrogens with one attached hydrogen (secondary N) is 1. The van der Waals surface area contributed by atoms with Crippen LogP contribution in [0.2, 0.25) is 0 Å². The van der Waals surface area contributed by atoms with Crippen molar-refractivity contribution in [3.8, 4) is 0 Å². The lowest BCUT2D eigenvalue weighted by molar-refractivity contribution is 0.373. The average molecular weight is 522 g/mol. The summed E-state index contributed by atoms with van der Waals surface area (Å²) in [6.45, 7) is 5.58. The molecule has 154 valence electrons. The van der Waals surface area contributed by atoms with E-state index in [9.17, 15) is 0 Å². The Morgan fingerprint density at radius 1 is 1.10 bits per heavy atom. The summed E-state index contributed by atoms with van der Waals surface area (Å²) in [5, 5.41) is 11.3. The summed E-state index contributed by atoms with van der Waals surface area (Å²) < 4.78 is 1.94. The molecular formula is C21H27IN6S. The van der Waals surface area contributed by atoms with Crippen molar-refractivity contribution in [1.29, 1.82) is 0 Å². The van der Waals surface area contributed by atoms with Crippen molar-refractivity contribution >= 4 is 46.3 Å². The molecule has 0 radical (unpaired) electrons. The van der Waals surface area contributed by atoms with Gasteiger partial charge in [0.1, 0.15) is 0 Å². The first-order chi connectivity index (χ1) is 13.8. The highest BCUT2D eigenvalue weighted by Gasteiger charge is 2.20. The second kappa shape index (κ2) is 10.6. The molecule has 1 aliphatic heterocycles. The van der Waals surface area contributed by atoms with Crippen LogP contribution in [0.15, 0.2) is 65.2 Å². The third-order valence-corrected chi connectivity index (χ3v) is 5.88. The summed E-state index contributed by atoms with van der Waals surface area (Å²) in [6.07, 6.45) is 3.80. The summed E-state index contributed by atoms with van der Waals surface area (Å²) in [7, 11) is 1.86. The Labute approximate surface area is 193 Å². The number of thiophene rings is 1. The van der Waals surface area contributed by atoms with E-state index in [1.165, 1.54) is 16.1 Å². The van der Waals surface area contributed by atoms with Crippen LogP contribution in [0.3, 0.4) is 0 Å². The molecule has 0 atom stereocenters. The molecule has 29 heavy (non-hydrogen) atoms. The second-order valence-electron chi connectivity index (χ2n) is 6.85. The Morgan fingerprint density at radius 2 is 1.93 bits per heavy atom. The molecule has 6 nitrogen and oxygen atoms in total. The predicted octanol–water partition coefficient (Wildman–Crippen LogP) is 3.51. The van der Waals surface area contributed by atoms with E-state index < -0.39 is 0 Å². The van der Waals surface area contributed by atoms with Crippen LogP contribution in [0.4, 0.5) is 5.00 Å². The predicted molar refractivity (Wildman–Crippen MR) is 131 cm³/mol. The summed E-state index contributed by atoms with van der Waals surface area (Å²) in [4.78, 5) is 9.30. The lowest BCUT2D eigenvalue weighted by Crippen LogP contribution is -2.52. The fraction of sp³-hybridized carbons (Fsp3) is 0.333. The van der Waals surface area contributed by atoms with Gasteiger partial charge in [-0.3, -0.25) is 9.67 Å². The summed E-state index contributed by atoms with van der Waals surface area (Å²) in [5.41, 5.74) is 2.51.